The second-order valence-electron chi connectivity index (χ2n) is 9.35. The van der Waals surface area contributed by atoms with E-state index in [0.717, 1.165) is 17.5 Å². The lowest BCUT2D eigenvalue weighted by Crippen LogP contribution is -2.31. The molecule has 0 radical (unpaired) electrons. The average molecular weight is 454 g/mol. The summed E-state index contributed by atoms with van der Waals surface area (Å²) in [4.78, 5) is 40.7. The summed E-state index contributed by atoms with van der Waals surface area (Å²) in [5, 5.41) is 0. The second kappa shape index (κ2) is 8.90. The third kappa shape index (κ3) is 4.03. The van der Waals surface area contributed by atoms with Gasteiger partial charge in [0.05, 0.1) is 23.1 Å². The van der Waals surface area contributed by atoms with Gasteiger partial charge in [0.25, 0.3) is 0 Å². The van der Waals surface area contributed by atoms with Crippen molar-refractivity contribution in [1.82, 2.24) is 0 Å². The number of anilines is 1. The summed E-state index contributed by atoms with van der Waals surface area (Å²) in [5.74, 6) is -0.701. The molecule has 5 heteroatoms. The third-order valence-corrected chi connectivity index (χ3v) is 7.07. The molecule has 0 unspecified atom stereocenters. The fourth-order valence-corrected chi connectivity index (χ4v) is 5.31. The number of rotatable bonds is 4. The van der Waals surface area contributed by atoms with E-state index in [1.165, 1.54) is 10.5 Å². The van der Waals surface area contributed by atoms with Crippen molar-refractivity contribution in [2.75, 3.05) is 4.90 Å². The van der Waals surface area contributed by atoms with Gasteiger partial charge >= 0.3 is 5.97 Å². The van der Waals surface area contributed by atoms with Gasteiger partial charge in [-0.2, -0.15) is 0 Å². The molecule has 1 aliphatic carbocycles. The molecule has 1 saturated carbocycles. The van der Waals surface area contributed by atoms with Gasteiger partial charge in [-0.25, -0.2) is 4.79 Å². The molecule has 5 nitrogen and oxygen atoms in total. The van der Waals surface area contributed by atoms with E-state index in [0.29, 0.717) is 29.8 Å². The SMILES string of the molecule is Cc1ccc(OC(=O)c2cccc(N3C(=O)[C@H]4C[C@H](c5ccccc5)CC[C@H]4C3=O)c2)c(C)c1. The molecule has 5 rings (SSSR count). The molecule has 172 valence electrons. The first-order chi connectivity index (χ1) is 16.4. The first-order valence-corrected chi connectivity index (χ1v) is 11.7. The topological polar surface area (TPSA) is 63.7 Å². The molecule has 0 aromatic heterocycles. The molecule has 3 atom stereocenters. The van der Waals surface area contributed by atoms with Gasteiger partial charge in [0, 0.05) is 0 Å². The zero-order chi connectivity index (χ0) is 23.8. The number of carbonyl (C=O) groups is 3. The number of carbonyl (C=O) groups excluding carboxylic acids is 3. The predicted octanol–water partition coefficient (Wildman–Crippen LogP) is 5.60. The van der Waals surface area contributed by atoms with E-state index < -0.39 is 5.97 Å². The third-order valence-electron chi connectivity index (χ3n) is 7.07. The number of hydrogen-bond acceptors (Lipinski definition) is 4. The van der Waals surface area contributed by atoms with Crippen molar-refractivity contribution in [2.45, 2.75) is 39.0 Å². The van der Waals surface area contributed by atoms with E-state index in [1.54, 1.807) is 30.3 Å². The number of amides is 2. The molecule has 0 bridgehead atoms. The Bertz CT molecular complexity index is 1270. The summed E-state index contributed by atoms with van der Waals surface area (Å²) in [5.41, 5.74) is 3.90. The molecular weight excluding hydrogens is 426 g/mol. The van der Waals surface area contributed by atoms with Crippen LogP contribution in [0.5, 0.6) is 5.75 Å². The maximum absolute atomic E-state index is 13.4. The number of imide groups is 1. The Labute approximate surface area is 199 Å². The lowest BCUT2D eigenvalue weighted by Gasteiger charge is -2.28. The van der Waals surface area contributed by atoms with Gasteiger partial charge < -0.3 is 4.74 Å². The van der Waals surface area contributed by atoms with E-state index in [4.69, 9.17) is 4.74 Å². The van der Waals surface area contributed by atoms with Crippen LogP contribution in [0, 0.1) is 25.7 Å². The van der Waals surface area contributed by atoms with Crippen LogP contribution in [-0.4, -0.2) is 17.8 Å². The quantitative estimate of drug-likeness (QED) is 0.293. The normalized spacial score (nSPS) is 21.9. The zero-order valence-corrected chi connectivity index (χ0v) is 19.4. The van der Waals surface area contributed by atoms with E-state index in [1.807, 2.05) is 44.2 Å². The van der Waals surface area contributed by atoms with Crippen LogP contribution in [-0.2, 0) is 9.59 Å². The van der Waals surface area contributed by atoms with Gasteiger partial charge in [-0.15, -0.1) is 0 Å². The van der Waals surface area contributed by atoms with Gasteiger partial charge in [-0.3, -0.25) is 14.5 Å². The lowest BCUT2D eigenvalue weighted by molar-refractivity contribution is -0.122. The molecule has 2 amide bonds. The van der Waals surface area contributed by atoms with Gasteiger partial charge in [-0.1, -0.05) is 54.1 Å². The number of ether oxygens (including phenoxy) is 1. The summed E-state index contributed by atoms with van der Waals surface area (Å²) >= 11 is 0. The van der Waals surface area contributed by atoms with Gasteiger partial charge in [0.2, 0.25) is 11.8 Å². The molecule has 3 aromatic rings. The standard InChI is InChI=1S/C29H27NO4/c1-18-11-14-26(19(2)15-18)34-29(33)22-9-6-10-23(16-22)30-27(31)24-13-12-21(17-25(24)28(30)32)20-7-4-3-5-8-20/h3-11,14-16,21,24-25H,12-13,17H2,1-2H3/t21-,24-,25+/m1/s1. The molecular formula is C29H27NO4. The minimum Gasteiger partial charge on any atom is -0.423 e. The van der Waals surface area contributed by atoms with Crippen molar-refractivity contribution in [3.05, 3.63) is 95.1 Å². The Balaban J connectivity index is 1.36. The summed E-state index contributed by atoms with van der Waals surface area (Å²) < 4.78 is 5.59. The number of fused-ring (bicyclic) bond motifs is 1. The summed E-state index contributed by atoms with van der Waals surface area (Å²) in [7, 11) is 0. The van der Waals surface area contributed by atoms with E-state index in [2.05, 4.69) is 12.1 Å². The number of nitrogens with zero attached hydrogens (tertiary/aromatic N) is 1. The Morgan fingerprint density at radius 2 is 1.62 bits per heavy atom. The predicted molar refractivity (Wildman–Crippen MR) is 130 cm³/mol. The minimum absolute atomic E-state index is 0.165. The van der Waals surface area contributed by atoms with Crippen molar-refractivity contribution >= 4 is 23.5 Å². The Morgan fingerprint density at radius 1 is 0.853 bits per heavy atom. The van der Waals surface area contributed by atoms with Crippen molar-refractivity contribution in [3.63, 3.8) is 0 Å². The molecule has 1 heterocycles. The highest BCUT2D eigenvalue weighted by molar-refractivity contribution is 6.22. The molecule has 2 fully saturated rings. The smallest absolute Gasteiger partial charge is 0.343 e. The minimum atomic E-state index is -0.519. The number of aryl methyl sites for hydroxylation is 2. The zero-order valence-electron chi connectivity index (χ0n) is 19.4. The van der Waals surface area contributed by atoms with Crippen LogP contribution in [0.15, 0.2) is 72.8 Å². The molecule has 2 aliphatic rings. The monoisotopic (exact) mass is 453 g/mol. The molecule has 1 saturated heterocycles. The Kier molecular flexibility index (Phi) is 5.78. The fourth-order valence-electron chi connectivity index (χ4n) is 5.31. The maximum atomic E-state index is 13.4. The molecule has 34 heavy (non-hydrogen) atoms. The van der Waals surface area contributed by atoms with Gasteiger partial charge in [0.1, 0.15) is 5.75 Å². The van der Waals surface area contributed by atoms with E-state index >= 15 is 0 Å². The van der Waals surface area contributed by atoms with E-state index in [9.17, 15) is 14.4 Å². The van der Waals surface area contributed by atoms with Crippen molar-refractivity contribution < 1.29 is 19.1 Å². The first kappa shape index (κ1) is 22.1. The summed E-state index contributed by atoms with van der Waals surface area (Å²) in [6.07, 6.45) is 2.25. The number of esters is 1. The van der Waals surface area contributed by atoms with Crippen LogP contribution in [0.2, 0.25) is 0 Å². The first-order valence-electron chi connectivity index (χ1n) is 11.7. The summed E-state index contributed by atoms with van der Waals surface area (Å²) in [6.45, 7) is 3.86. The van der Waals surface area contributed by atoms with E-state index in [-0.39, 0.29) is 29.6 Å². The van der Waals surface area contributed by atoms with Crippen LogP contribution < -0.4 is 9.64 Å². The van der Waals surface area contributed by atoms with Crippen molar-refractivity contribution in [2.24, 2.45) is 11.8 Å². The van der Waals surface area contributed by atoms with Crippen LogP contribution in [0.1, 0.15) is 52.2 Å². The Hall–Kier alpha value is -3.73. The van der Waals surface area contributed by atoms with Crippen LogP contribution in [0.3, 0.4) is 0 Å². The van der Waals surface area contributed by atoms with Crippen molar-refractivity contribution in [1.29, 1.82) is 0 Å². The fraction of sp³-hybridized carbons (Fsp3) is 0.276. The lowest BCUT2D eigenvalue weighted by atomic mass is 9.73. The van der Waals surface area contributed by atoms with Crippen LogP contribution >= 0.6 is 0 Å². The highest BCUT2D eigenvalue weighted by atomic mass is 16.5. The molecule has 3 aromatic carbocycles. The highest BCUT2D eigenvalue weighted by Gasteiger charge is 2.50. The average Bonchev–Trinajstić information content (AvgIpc) is 3.10. The molecule has 0 N–H and O–H groups in total. The summed E-state index contributed by atoms with van der Waals surface area (Å²) in [6, 6.07) is 22.4. The maximum Gasteiger partial charge on any atom is 0.343 e. The molecule has 1 aliphatic heterocycles. The molecule has 0 spiro atoms. The van der Waals surface area contributed by atoms with Crippen molar-refractivity contribution in [3.8, 4) is 5.75 Å². The second-order valence-corrected chi connectivity index (χ2v) is 9.35. The highest BCUT2D eigenvalue weighted by Crippen LogP contribution is 2.45. The largest absolute Gasteiger partial charge is 0.423 e. The van der Waals surface area contributed by atoms with Gasteiger partial charge in [0.15, 0.2) is 0 Å². The van der Waals surface area contributed by atoms with Crippen LogP contribution in [0.4, 0.5) is 5.69 Å². The number of benzene rings is 3. The van der Waals surface area contributed by atoms with Crippen LogP contribution in [0.25, 0.3) is 0 Å². The Morgan fingerprint density at radius 3 is 2.38 bits per heavy atom. The van der Waals surface area contributed by atoms with Gasteiger partial charge in [-0.05, 0) is 74.4 Å². The number of hydrogen-bond donors (Lipinski definition) is 0.